The van der Waals surface area contributed by atoms with E-state index in [2.05, 4.69) is 68.5 Å². The summed E-state index contributed by atoms with van der Waals surface area (Å²) in [6.07, 6.45) is 23.3. The highest BCUT2D eigenvalue weighted by Gasteiger charge is 2.22. The number of hydrogen-bond acceptors (Lipinski definition) is 0. The average Bonchev–Trinajstić information content (AvgIpc) is 2.91. The predicted molar refractivity (Wildman–Crippen MR) is 150 cm³/mol. The first kappa shape index (κ1) is 25.3. The van der Waals surface area contributed by atoms with E-state index in [1.54, 1.807) is 11.1 Å². The van der Waals surface area contributed by atoms with E-state index in [0.717, 1.165) is 17.8 Å². The number of unbranched alkanes of at least 4 members (excludes halogenated alkanes) is 4. The largest absolute Gasteiger partial charge is 0.0804 e. The Kier molecular flexibility index (Phi) is 9.90. The third kappa shape index (κ3) is 7.10. The third-order valence-corrected chi connectivity index (χ3v) is 8.77. The van der Waals surface area contributed by atoms with Gasteiger partial charge >= 0.3 is 0 Å². The van der Waals surface area contributed by atoms with Gasteiger partial charge in [-0.05, 0) is 90.5 Å². The van der Waals surface area contributed by atoms with Gasteiger partial charge in [-0.25, -0.2) is 0 Å². The minimum atomic E-state index is 0.781. The zero-order chi connectivity index (χ0) is 23.6. The molecule has 0 saturated heterocycles. The van der Waals surface area contributed by atoms with E-state index < -0.39 is 0 Å². The van der Waals surface area contributed by atoms with Gasteiger partial charge in [0, 0.05) is 0 Å². The molecule has 184 valence electrons. The maximum absolute atomic E-state index is 2.54. The van der Waals surface area contributed by atoms with Crippen LogP contribution in [0.4, 0.5) is 0 Å². The summed E-state index contributed by atoms with van der Waals surface area (Å²) in [4.78, 5) is 0. The Morgan fingerprint density at radius 3 is 1.82 bits per heavy atom. The molecule has 0 spiro atoms. The molecule has 0 bridgehead atoms. The van der Waals surface area contributed by atoms with E-state index in [4.69, 9.17) is 0 Å². The predicted octanol–water partition coefficient (Wildman–Crippen LogP) is 11.0. The molecule has 2 aromatic rings. The van der Waals surface area contributed by atoms with Crippen molar-refractivity contribution in [1.29, 1.82) is 0 Å². The van der Waals surface area contributed by atoms with E-state index >= 15 is 0 Å². The first-order valence-corrected chi connectivity index (χ1v) is 14.7. The van der Waals surface area contributed by atoms with E-state index in [1.165, 1.54) is 113 Å². The van der Waals surface area contributed by atoms with Crippen molar-refractivity contribution in [2.45, 2.75) is 116 Å². The quantitative estimate of drug-likeness (QED) is 0.295. The van der Waals surface area contributed by atoms with Gasteiger partial charge in [0.05, 0.1) is 0 Å². The lowest BCUT2D eigenvalue weighted by atomic mass is 9.77. The fourth-order valence-corrected chi connectivity index (χ4v) is 6.37. The lowest BCUT2D eigenvalue weighted by Crippen LogP contribution is -2.13. The second-order valence-corrected chi connectivity index (χ2v) is 11.3. The van der Waals surface area contributed by atoms with Crippen LogP contribution in [0.2, 0.25) is 0 Å². The molecule has 0 heteroatoms. The summed E-state index contributed by atoms with van der Waals surface area (Å²) in [6, 6.07) is 18.9. The molecule has 1 fully saturated rings. The van der Waals surface area contributed by atoms with E-state index in [9.17, 15) is 0 Å². The Morgan fingerprint density at radius 1 is 0.588 bits per heavy atom. The Bertz CT molecular complexity index is 861. The van der Waals surface area contributed by atoms with Crippen molar-refractivity contribution in [1.82, 2.24) is 0 Å². The van der Waals surface area contributed by atoms with E-state index in [-0.39, 0.29) is 0 Å². The molecular formula is C34H48. The summed E-state index contributed by atoms with van der Waals surface area (Å²) < 4.78 is 0. The molecule has 2 aliphatic rings. The van der Waals surface area contributed by atoms with Crippen LogP contribution in [0.15, 0.2) is 54.6 Å². The summed E-state index contributed by atoms with van der Waals surface area (Å²) in [5, 5.41) is 0. The Balaban J connectivity index is 1.28. The maximum Gasteiger partial charge on any atom is -0.0162 e. The normalized spacial score (nSPS) is 23.0. The lowest BCUT2D eigenvalue weighted by Gasteiger charge is -2.29. The van der Waals surface area contributed by atoms with Gasteiger partial charge in [-0.1, -0.05) is 120 Å². The molecule has 0 N–H and O–H groups in total. The summed E-state index contributed by atoms with van der Waals surface area (Å²) in [6.45, 7) is 4.62. The van der Waals surface area contributed by atoms with Crippen molar-refractivity contribution in [3.8, 4) is 11.1 Å². The topological polar surface area (TPSA) is 0 Å². The molecule has 0 radical (unpaired) electrons. The van der Waals surface area contributed by atoms with Crippen LogP contribution in [-0.2, 0) is 0 Å². The highest BCUT2D eigenvalue weighted by molar-refractivity contribution is 5.71. The Morgan fingerprint density at radius 2 is 1.21 bits per heavy atom. The van der Waals surface area contributed by atoms with Crippen molar-refractivity contribution in [3.05, 3.63) is 65.7 Å². The SMILES string of the molecule is CCCCCCC1CC=C(c2ccc(-c3ccc([C@H]4CC[C@H](CCCC)CC4)cc3)cc2)CC1. The molecule has 1 saturated carbocycles. The summed E-state index contributed by atoms with van der Waals surface area (Å²) in [7, 11) is 0. The van der Waals surface area contributed by atoms with Crippen LogP contribution >= 0.6 is 0 Å². The van der Waals surface area contributed by atoms with E-state index in [1.807, 2.05) is 0 Å². The molecule has 0 aromatic heterocycles. The highest BCUT2D eigenvalue weighted by atomic mass is 14.3. The van der Waals surface area contributed by atoms with Crippen molar-refractivity contribution in [3.63, 3.8) is 0 Å². The van der Waals surface area contributed by atoms with Crippen molar-refractivity contribution >= 4 is 5.57 Å². The monoisotopic (exact) mass is 456 g/mol. The van der Waals surface area contributed by atoms with Gasteiger partial charge in [-0.15, -0.1) is 0 Å². The summed E-state index contributed by atoms with van der Waals surface area (Å²) in [5.41, 5.74) is 7.28. The van der Waals surface area contributed by atoms with Crippen molar-refractivity contribution in [2.24, 2.45) is 11.8 Å². The number of benzene rings is 2. The molecule has 4 rings (SSSR count). The Labute approximate surface area is 210 Å². The van der Waals surface area contributed by atoms with Gasteiger partial charge in [0.15, 0.2) is 0 Å². The first-order valence-electron chi connectivity index (χ1n) is 14.7. The molecule has 0 nitrogen and oxygen atoms in total. The minimum absolute atomic E-state index is 0.781. The van der Waals surface area contributed by atoms with Crippen LogP contribution in [0.5, 0.6) is 0 Å². The maximum atomic E-state index is 2.54. The van der Waals surface area contributed by atoms with Crippen LogP contribution in [0.25, 0.3) is 16.7 Å². The number of allylic oxidation sites excluding steroid dienone is 2. The average molecular weight is 457 g/mol. The van der Waals surface area contributed by atoms with Crippen LogP contribution in [0.3, 0.4) is 0 Å². The second-order valence-electron chi connectivity index (χ2n) is 11.3. The standard InChI is InChI=1S/C34H48/c1-3-5-7-8-10-28-13-17-30(18-14-28)32-21-25-34(26-22-32)33-23-19-31(20-24-33)29-15-11-27(12-16-29)9-6-4-2/h17,19-29H,3-16,18H2,1-2H3/t27-,28?,29-. The first-order chi connectivity index (χ1) is 16.8. The molecule has 34 heavy (non-hydrogen) atoms. The van der Waals surface area contributed by atoms with Gasteiger partial charge in [-0.2, -0.15) is 0 Å². The van der Waals surface area contributed by atoms with Gasteiger partial charge in [-0.3, -0.25) is 0 Å². The second kappa shape index (κ2) is 13.3. The molecule has 0 amide bonds. The fraction of sp³-hybridized carbons (Fsp3) is 0.588. The third-order valence-electron chi connectivity index (χ3n) is 8.77. The smallest absolute Gasteiger partial charge is 0.0162 e. The highest BCUT2D eigenvalue weighted by Crippen LogP contribution is 2.38. The number of hydrogen-bond donors (Lipinski definition) is 0. The molecule has 0 aliphatic heterocycles. The molecule has 0 heterocycles. The molecular weight excluding hydrogens is 408 g/mol. The lowest BCUT2D eigenvalue weighted by molar-refractivity contribution is 0.304. The Hall–Kier alpha value is -1.82. The molecule has 1 atom stereocenters. The van der Waals surface area contributed by atoms with Crippen molar-refractivity contribution < 1.29 is 0 Å². The van der Waals surface area contributed by atoms with Gasteiger partial charge < -0.3 is 0 Å². The molecule has 1 unspecified atom stereocenters. The zero-order valence-electron chi connectivity index (χ0n) is 22.0. The molecule has 2 aliphatic carbocycles. The minimum Gasteiger partial charge on any atom is -0.0804 e. The summed E-state index contributed by atoms with van der Waals surface area (Å²) in [5.74, 6) is 2.69. The molecule has 2 aromatic carbocycles. The van der Waals surface area contributed by atoms with E-state index in [0.29, 0.717) is 0 Å². The van der Waals surface area contributed by atoms with Crippen LogP contribution in [0, 0.1) is 11.8 Å². The van der Waals surface area contributed by atoms with Crippen LogP contribution in [0.1, 0.15) is 127 Å². The van der Waals surface area contributed by atoms with Gasteiger partial charge in [0.25, 0.3) is 0 Å². The fourth-order valence-electron chi connectivity index (χ4n) is 6.37. The van der Waals surface area contributed by atoms with Crippen LogP contribution in [-0.4, -0.2) is 0 Å². The van der Waals surface area contributed by atoms with Crippen molar-refractivity contribution in [2.75, 3.05) is 0 Å². The van der Waals surface area contributed by atoms with Crippen LogP contribution < -0.4 is 0 Å². The zero-order valence-corrected chi connectivity index (χ0v) is 22.0. The summed E-state index contributed by atoms with van der Waals surface area (Å²) >= 11 is 0. The number of rotatable bonds is 11. The van der Waals surface area contributed by atoms with Gasteiger partial charge in [0.2, 0.25) is 0 Å². The van der Waals surface area contributed by atoms with Gasteiger partial charge in [0.1, 0.15) is 0 Å².